The van der Waals surface area contributed by atoms with Gasteiger partial charge >= 0.3 is 11.9 Å². The third kappa shape index (κ3) is 12.3. The van der Waals surface area contributed by atoms with E-state index >= 15 is 0 Å². The summed E-state index contributed by atoms with van der Waals surface area (Å²) in [5.41, 5.74) is 1.94. The number of hydrogen-bond acceptors (Lipinski definition) is 8. The number of thioether (sulfide) groups is 2. The zero-order valence-electron chi connectivity index (χ0n) is 22.3. The molecule has 0 heterocycles. The summed E-state index contributed by atoms with van der Waals surface area (Å²) >= 11 is 3.20. The second-order valence-corrected chi connectivity index (χ2v) is 10.8. The maximum absolute atomic E-state index is 11.8. The molecule has 210 valence electrons. The van der Waals surface area contributed by atoms with Crippen LogP contribution in [0.4, 0.5) is 0 Å². The van der Waals surface area contributed by atoms with Crippen LogP contribution < -0.4 is 0 Å². The van der Waals surface area contributed by atoms with Crippen molar-refractivity contribution in [3.8, 4) is 0 Å². The van der Waals surface area contributed by atoms with E-state index in [0.717, 1.165) is 33.1 Å². The molecule has 0 aliphatic carbocycles. The molecule has 0 saturated carbocycles. The minimum Gasteiger partial charge on any atom is -0.456 e. The van der Waals surface area contributed by atoms with E-state index < -0.39 is 24.1 Å². The van der Waals surface area contributed by atoms with Gasteiger partial charge in [0, 0.05) is 33.4 Å². The molecular formula is C32H34O6S2. The lowest BCUT2D eigenvalue weighted by molar-refractivity contribution is -0.145. The highest BCUT2D eigenvalue weighted by Crippen LogP contribution is 2.21. The Morgan fingerprint density at radius 2 is 1.07 bits per heavy atom. The molecule has 3 aromatic rings. The Labute approximate surface area is 244 Å². The van der Waals surface area contributed by atoms with E-state index in [4.69, 9.17) is 18.9 Å². The van der Waals surface area contributed by atoms with E-state index in [0.29, 0.717) is 24.7 Å². The van der Waals surface area contributed by atoms with Gasteiger partial charge in [-0.2, -0.15) is 0 Å². The summed E-state index contributed by atoms with van der Waals surface area (Å²) in [7, 11) is 0. The van der Waals surface area contributed by atoms with E-state index in [1.54, 1.807) is 23.5 Å². The van der Waals surface area contributed by atoms with Crippen molar-refractivity contribution in [3.63, 3.8) is 0 Å². The van der Waals surface area contributed by atoms with Gasteiger partial charge in [-0.1, -0.05) is 73.8 Å². The van der Waals surface area contributed by atoms with Crippen molar-refractivity contribution in [1.29, 1.82) is 0 Å². The summed E-state index contributed by atoms with van der Waals surface area (Å²) in [6.07, 6.45) is 1.50. The molecule has 0 radical (unpaired) electrons. The molecule has 0 aliphatic rings. The first kappa shape index (κ1) is 31.2. The molecule has 0 bridgehead atoms. The van der Waals surface area contributed by atoms with Crippen molar-refractivity contribution in [2.24, 2.45) is 0 Å². The molecule has 40 heavy (non-hydrogen) atoms. The van der Waals surface area contributed by atoms with Gasteiger partial charge in [-0.05, 0) is 35.4 Å². The van der Waals surface area contributed by atoms with Crippen molar-refractivity contribution in [2.45, 2.75) is 35.2 Å². The largest absolute Gasteiger partial charge is 0.456 e. The van der Waals surface area contributed by atoms with Gasteiger partial charge in [0.15, 0.2) is 0 Å². The number of ether oxygens (including phenoxy) is 4. The summed E-state index contributed by atoms with van der Waals surface area (Å²) in [6.45, 7) is 8.21. The summed E-state index contributed by atoms with van der Waals surface area (Å²) < 4.78 is 22.8. The van der Waals surface area contributed by atoms with Crippen LogP contribution in [-0.4, -0.2) is 48.9 Å². The van der Waals surface area contributed by atoms with Crippen LogP contribution in [-0.2, 0) is 41.8 Å². The Balaban J connectivity index is 1.47. The van der Waals surface area contributed by atoms with E-state index in [9.17, 15) is 9.59 Å². The minimum absolute atomic E-state index is 0.259. The van der Waals surface area contributed by atoms with Gasteiger partial charge in [-0.15, -0.1) is 23.5 Å². The minimum atomic E-state index is -0.472. The van der Waals surface area contributed by atoms with Crippen molar-refractivity contribution < 1.29 is 28.5 Å². The summed E-state index contributed by atoms with van der Waals surface area (Å²) in [6, 6.07) is 27.7. The zero-order valence-corrected chi connectivity index (χ0v) is 23.9. The van der Waals surface area contributed by atoms with Crippen LogP contribution in [0.2, 0.25) is 0 Å². The van der Waals surface area contributed by atoms with Crippen LogP contribution in [0.25, 0.3) is 0 Å². The average Bonchev–Trinajstić information content (AvgIpc) is 2.99. The fraction of sp³-hybridized carbons (Fsp3) is 0.250. The highest BCUT2D eigenvalue weighted by Gasteiger charge is 2.16. The highest BCUT2D eigenvalue weighted by atomic mass is 32.2. The first-order valence-corrected chi connectivity index (χ1v) is 14.8. The molecule has 0 spiro atoms. The van der Waals surface area contributed by atoms with Crippen LogP contribution in [0, 0.1) is 0 Å². The Morgan fingerprint density at radius 1 is 0.650 bits per heavy atom. The molecule has 0 N–H and O–H groups in total. The lowest BCUT2D eigenvalue weighted by atomic mass is 10.1. The number of carbonyl (C=O) groups excluding carboxylic acids is 2. The van der Waals surface area contributed by atoms with Gasteiger partial charge in [0.1, 0.15) is 12.2 Å². The van der Waals surface area contributed by atoms with Crippen molar-refractivity contribution in [3.05, 3.63) is 121 Å². The third-order valence-corrected chi connectivity index (χ3v) is 7.68. The molecule has 8 heteroatoms. The first-order chi connectivity index (χ1) is 19.6. The fourth-order valence-corrected chi connectivity index (χ4v) is 5.28. The molecule has 3 rings (SSSR count). The Bertz CT molecular complexity index is 1110. The number of rotatable bonds is 18. The molecule has 0 amide bonds. The van der Waals surface area contributed by atoms with Crippen LogP contribution >= 0.6 is 23.5 Å². The van der Waals surface area contributed by atoms with Crippen molar-refractivity contribution in [2.75, 3.05) is 24.7 Å². The van der Waals surface area contributed by atoms with E-state index in [-0.39, 0.29) is 13.2 Å². The standard InChI is InChI=1S/C32H34O6S2/c1-3-31(33)37-27(23-39-29-14-7-5-8-15-29)21-35-19-25-12-11-13-26(18-25)20-36-22-28(38-32(34)4-2)24-40-30-16-9-6-10-17-30/h3-18,27-28H,1-2,19-24H2. The molecule has 2 unspecified atom stereocenters. The molecular weight excluding hydrogens is 544 g/mol. The highest BCUT2D eigenvalue weighted by molar-refractivity contribution is 7.99. The second kappa shape index (κ2) is 18.1. The number of carbonyl (C=O) groups is 2. The normalized spacial score (nSPS) is 12.2. The summed E-state index contributed by atoms with van der Waals surface area (Å²) in [4.78, 5) is 25.8. The molecule has 0 aliphatic heterocycles. The van der Waals surface area contributed by atoms with Gasteiger partial charge in [-0.25, -0.2) is 9.59 Å². The van der Waals surface area contributed by atoms with Gasteiger partial charge in [0.05, 0.1) is 26.4 Å². The van der Waals surface area contributed by atoms with Gasteiger partial charge in [0.25, 0.3) is 0 Å². The maximum atomic E-state index is 11.8. The number of benzene rings is 3. The molecule has 6 nitrogen and oxygen atoms in total. The maximum Gasteiger partial charge on any atom is 0.330 e. The molecule has 3 aromatic carbocycles. The number of hydrogen-bond donors (Lipinski definition) is 0. The summed E-state index contributed by atoms with van der Waals surface area (Å²) in [5, 5.41) is 0. The van der Waals surface area contributed by atoms with Crippen LogP contribution in [0.5, 0.6) is 0 Å². The average molecular weight is 579 g/mol. The Hall–Kier alpha value is -3.30. The van der Waals surface area contributed by atoms with Crippen molar-refractivity contribution in [1.82, 2.24) is 0 Å². The lowest BCUT2D eigenvalue weighted by Gasteiger charge is -2.18. The molecule has 2 atom stereocenters. The zero-order chi connectivity index (χ0) is 28.4. The molecule has 0 aromatic heterocycles. The van der Waals surface area contributed by atoms with Crippen LogP contribution in [0.15, 0.2) is 120 Å². The molecule has 0 fully saturated rings. The predicted molar refractivity (Wildman–Crippen MR) is 160 cm³/mol. The molecule has 0 saturated heterocycles. The SMILES string of the molecule is C=CC(=O)OC(COCc1cccc(COCC(CSc2ccccc2)OC(=O)C=C)c1)CSc1ccccc1. The van der Waals surface area contributed by atoms with Crippen LogP contribution in [0.3, 0.4) is 0 Å². The Kier molecular flexibility index (Phi) is 14.2. The monoisotopic (exact) mass is 578 g/mol. The van der Waals surface area contributed by atoms with Crippen molar-refractivity contribution >= 4 is 35.5 Å². The third-order valence-electron chi connectivity index (χ3n) is 5.39. The predicted octanol–water partition coefficient (Wildman–Crippen LogP) is 6.50. The Morgan fingerprint density at radius 3 is 1.48 bits per heavy atom. The topological polar surface area (TPSA) is 71.1 Å². The quantitative estimate of drug-likeness (QED) is 0.0963. The van der Waals surface area contributed by atoms with E-state index in [2.05, 4.69) is 13.2 Å². The second-order valence-electron chi connectivity index (χ2n) is 8.62. The first-order valence-electron chi connectivity index (χ1n) is 12.8. The van der Waals surface area contributed by atoms with Crippen LogP contribution in [0.1, 0.15) is 11.1 Å². The van der Waals surface area contributed by atoms with Gasteiger partial charge in [0.2, 0.25) is 0 Å². The fourth-order valence-electron chi connectivity index (χ4n) is 3.49. The van der Waals surface area contributed by atoms with Gasteiger partial charge < -0.3 is 18.9 Å². The van der Waals surface area contributed by atoms with E-state index in [1.807, 2.05) is 84.9 Å². The summed E-state index contributed by atoms with van der Waals surface area (Å²) in [5.74, 6) is 0.191. The number of esters is 2. The smallest absolute Gasteiger partial charge is 0.330 e. The van der Waals surface area contributed by atoms with Gasteiger partial charge in [-0.3, -0.25) is 0 Å². The lowest BCUT2D eigenvalue weighted by Crippen LogP contribution is -2.25. The van der Waals surface area contributed by atoms with E-state index in [1.165, 1.54) is 0 Å².